The molecule has 6 heteroatoms. The van der Waals surface area contributed by atoms with Gasteiger partial charge in [0.15, 0.2) is 5.82 Å². The highest BCUT2D eigenvalue weighted by Crippen LogP contribution is 2.50. The van der Waals surface area contributed by atoms with E-state index >= 15 is 0 Å². The summed E-state index contributed by atoms with van der Waals surface area (Å²) in [6.07, 6.45) is 1.26. The zero-order valence-electron chi connectivity index (χ0n) is 11.8. The molecule has 0 saturated heterocycles. The maximum Gasteiger partial charge on any atom is 0.165 e. The Morgan fingerprint density at radius 2 is 2.22 bits per heavy atom. The van der Waals surface area contributed by atoms with E-state index in [9.17, 15) is 0 Å². The molecule has 0 amide bonds. The molecule has 1 N–H and O–H groups in total. The Balaban J connectivity index is 2.09. The van der Waals surface area contributed by atoms with Crippen LogP contribution >= 0.6 is 0 Å². The molecule has 1 fully saturated rings. The molecule has 1 aliphatic carbocycles. The van der Waals surface area contributed by atoms with Gasteiger partial charge in [-0.3, -0.25) is 0 Å². The number of hydrogen-bond donors (Lipinski definition) is 1. The van der Waals surface area contributed by atoms with Gasteiger partial charge in [-0.2, -0.15) is 0 Å². The third-order valence-corrected chi connectivity index (χ3v) is 3.94. The highest BCUT2D eigenvalue weighted by atomic mass is 16.5. The van der Waals surface area contributed by atoms with Gasteiger partial charge in [0.05, 0.1) is 18.7 Å². The average molecular weight is 253 g/mol. The minimum atomic E-state index is 0.0801. The number of methoxy groups -OCH3 is 1. The largest absolute Gasteiger partial charge is 0.381 e. The van der Waals surface area contributed by atoms with E-state index in [-0.39, 0.29) is 11.5 Å². The summed E-state index contributed by atoms with van der Waals surface area (Å²) in [7, 11) is 1.77. The Morgan fingerprint density at radius 3 is 2.78 bits per heavy atom. The molecule has 0 spiro atoms. The van der Waals surface area contributed by atoms with Crippen molar-refractivity contribution in [3.63, 3.8) is 0 Å². The predicted octanol–water partition coefficient (Wildman–Crippen LogP) is 1.16. The lowest BCUT2D eigenvalue weighted by molar-refractivity contribution is -0.117. The number of hydrogen-bond acceptors (Lipinski definition) is 5. The van der Waals surface area contributed by atoms with Gasteiger partial charge in [0.1, 0.15) is 0 Å². The van der Waals surface area contributed by atoms with Gasteiger partial charge in [-0.1, -0.05) is 27.7 Å². The van der Waals surface area contributed by atoms with Gasteiger partial charge in [0.2, 0.25) is 0 Å². The maximum atomic E-state index is 5.47. The summed E-state index contributed by atoms with van der Waals surface area (Å²) in [5, 5.41) is 15.4. The molecule has 2 atom stereocenters. The van der Waals surface area contributed by atoms with Gasteiger partial charge in [0, 0.05) is 18.6 Å². The molecule has 0 aromatic carbocycles. The molecular weight excluding hydrogens is 230 g/mol. The molecule has 0 radical (unpaired) electrons. The number of nitrogens with zero attached hydrogens (tertiary/aromatic N) is 4. The van der Waals surface area contributed by atoms with E-state index in [0.717, 1.165) is 12.2 Å². The van der Waals surface area contributed by atoms with Crippen LogP contribution in [0, 0.1) is 5.41 Å². The zero-order chi connectivity index (χ0) is 13.3. The van der Waals surface area contributed by atoms with E-state index in [1.807, 2.05) is 4.68 Å². The van der Waals surface area contributed by atoms with Gasteiger partial charge in [-0.15, -0.1) is 5.10 Å². The number of rotatable bonds is 5. The number of tetrazole rings is 1. The summed E-state index contributed by atoms with van der Waals surface area (Å²) >= 11 is 0. The molecule has 1 aromatic rings. The van der Waals surface area contributed by atoms with Crippen molar-refractivity contribution in [2.45, 2.75) is 58.8 Å². The number of aromatic nitrogens is 4. The molecule has 2 rings (SSSR count). The molecule has 0 bridgehead atoms. The minimum absolute atomic E-state index is 0.0801. The summed E-state index contributed by atoms with van der Waals surface area (Å²) in [5.41, 5.74) is 0.0801. The normalized spacial score (nSPS) is 26.3. The molecule has 1 saturated carbocycles. The van der Waals surface area contributed by atoms with Crippen LogP contribution in [0.25, 0.3) is 0 Å². The Kier molecular flexibility index (Phi) is 3.68. The van der Waals surface area contributed by atoms with Gasteiger partial charge in [-0.05, 0) is 16.8 Å². The van der Waals surface area contributed by atoms with Gasteiger partial charge < -0.3 is 10.1 Å². The first-order valence-corrected chi connectivity index (χ1v) is 6.49. The summed E-state index contributed by atoms with van der Waals surface area (Å²) < 4.78 is 7.42. The summed E-state index contributed by atoms with van der Waals surface area (Å²) in [6.45, 7) is 9.34. The van der Waals surface area contributed by atoms with Gasteiger partial charge in [0.25, 0.3) is 0 Å². The topological polar surface area (TPSA) is 64.9 Å². The average Bonchev–Trinajstić information content (AvgIpc) is 2.73. The fourth-order valence-electron chi connectivity index (χ4n) is 2.55. The lowest BCUT2D eigenvalue weighted by atomic mass is 9.64. The summed E-state index contributed by atoms with van der Waals surface area (Å²) in [6, 6.07) is 0.748. The molecule has 0 aliphatic heterocycles. The zero-order valence-corrected chi connectivity index (χ0v) is 11.8. The standard InChI is InChI=1S/C12H23N5O/c1-8(2)13-7-11-14-15-16-17(11)9-6-10(18-5)12(9,3)4/h8-10,13H,6-7H2,1-5H3. The quantitative estimate of drug-likeness (QED) is 0.853. The second-order valence-electron chi connectivity index (χ2n) is 5.87. The third kappa shape index (κ3) is 2.27. The van der Waals surface area contributed by atoms with Crippen molar-refractivity contribution in [3.8, 4) is 0 Å². The molecule has 1 aromatic heterocycles. The van der Waals surface area contributed by atoms with Crippen LogP contribution in [-0.2, 0) is 11.3 Å². The molecule has 6 nitrogen and oxygen atoms in total. The summed E-state index contributed by atoms with van der Waals surface area (Å²) in [5.74, 6) is 0.899. The number of ether oxygens (including phenoxy) is 1. The Hall–Kier alpha value is -1.01. The second kappa shape index (κ2) is 4.93. The Morgan fingerprint density at radius 1 is 1.50 bits per heavy atom. The van der Waals surface area contributed by atoms with Gasteiger partial charge in [-0.25, -0.2) is 4.68 Å². The molecule has 1 heterocycles. The second-order valence-corrected chi connectivity index (χ2v) is 5.87. The first-order valence-electron chi connectivity index (χ1n) is 6.49. The SMILES string of the molecule is COC1CC(n2nnnc2CNC(C)C)C1(C)C. The van der Waals surface area contributed by atoms with E-state index in [1.165, 1.54) is 0 Å². The first kappa shape index (κ1) is 13.4. The van der Waals surface area contributed by atoms with E-state index < -0.39 is 0 Å². The van der Waals surface area contributed by atoms with E-state index in [4.69, 9.17) is 4.74 Å². The van der Waals surface area contributed by atoms with Gasteiger partial charge >= 0.3 is 0 Å². The van der Waals surface area contributed by atoms with Crippen molar-refractivity contribution in [2.75, 3.05) is 7.11 Å². The van der Waals surface area contributed by atoms with Crippen molar-refractivity contribution in [1.29, 1.82) is 0 Å². The van der Waals surface area contributed by atoms with Crippen molar-refractivity contribution in [3.05, 3.63) is 5.82 Å². The van der Waals surface area contributed by atoms with Crippen molar-refractivity contribution in [2.24, 2.45) is 5.41 Å². The van der Waals surface area contributed by atoms with Crippen molar-refractivity contribution >= 4 is 0 Å². The third-order valence-electron chi connectivity index (χ3n) is 3.94. The fraction of sp³-hybridized carbons (Fsp3) is 0.917. The van der Waals surface area contributed by atoms with Crippen LogP contribution < -0.4 is 5.32 Å². The van der Waals surface area contributed by atoms with Crippen molar-refractivity contribution in [1.82, 2.24) is 25.5 Å². The highest BCUT2D eigenvalue weighted by molar-refractivity contribution is 5.03. The van der Waals surface area contributed by atoms with Crippen LogP contribution in [0.2, 0.25) is 0 Å². The first-order chi connectivity index (χ1) is 8.46. The molecular formula is C12H23N5O. The summed E-state index contributed by atoms with van der Waals surface area (Å²) in [4.78, 5) is 0. The number of nitrogens with one attached hydrogen (secondary N) is 1. The predicted molar refractivity (Wildman–Crippen MR) is 68.0 cm³/mol. The van der Waals surface area contributed by atoms with Crippen LogP contribution in [0.15, 0.2) is 0 Å². The van der Waals surface area contributed by atoms with Crippen LogP contribution in [0.3, 0.4) is 0 Å². The molecule has 1 aliphatic rings. The monoisotopic (exact) mass is 253 g/mol. The molecule has 102 valence electrons. The Labute approximate surface area is 108 Å². The lowest BCUT2D eigenvalue weighted by Crippen LogP contribution is -2.51. The highest BCUT2D eigenvalue weighted by Gasteiger charge is 2.51. The van der Waals surface area contributed by atoms with Crippen LogP contribution in [0.4, 0.5) is 0 Å². The van der Waals surface area contributed by atoms with E-state index in [1.54, 1.807) is 7.11 Å². The van der Waals surface area contributed by atoms with Crippen LogP contribution in [0.1, 0.15) is 46.0 Å². The fourth-order valence-corrected chi connectivity index (χ4v) is 2.55. The van der Waals surface area contributed by atoms with Crippen molar-refractivity contribution < 1.29 is 4.74 Å². The Bertz CT molecular complexity index is 401. The van der Waals surface area contributed by atoms with E-state index in [0.29, 0.717) is 18.6 Å². The minimum Gasteiger partial charge on any atom is -0.381 e. The van der Waals surface area contributed by atoms with E-state index in [2.05, 4.69) is 48.5 Å². The lowest BCUT2D eigenvalue weighted by Gasteiger charge is -2.50. The molecule has 2 unspecified atom stereocenters. The van der Waals surface area contributed by atoms with Crippen LogP contribution in [0.5, 0.6) is 0 Å². The van der Waals surface area contributed by atoms with Crippen LogP contribution in [-0.4, -0.2) is 39.5 Å². The maximum absolute atomic E-state index is 5.47. The molecule has 18 heavy (non-hydrogen) atoms. The smallest absolute Gasteiger partial charge is 0.165 e.